The minimum absolute atomic E-state index is 0.289. The number of thioether (sulfide) groups is 1. The molecule has 10 heavy (non-hydrogen) atoms. The molecular weight excluding hydrogens is 171 g/mol. The Morgan fingerprint density at radius 2 is 2.20 bits per heavy atom. The van der Waals surface area contributed by atoms with Gasteiger partial charge in [0, 0.05) is 4.90 Å². The molecule has 0 aliphatic rings. The fraction of sp³-hybridized carbons (Fsp3) is 0.143. The number of hydrogen-bond acceptors (Lipinski definition) is 1. The van der Waals surface area contributed by atoms with Gasteiger partial charge in [0.15, 0.2) is 0 Å². The Morgan fingerprint density at radius 1 is 1.50 bits per heavy atom. The first-order chi connectivity index (χ1) is 4.74. The van der Waals surface area contributed by atoms with Crippen molar-refractivity contribution in [3.05, 3.63) is 29.0 Å². The minimum atomic E-state index is -0.289. The van der Waals surface area contributed by atoms with Crippen LogP contribution in [0, 0.1) is 5.82 Å². The lowest BCUT2D eigenvalue weighted by molar-refractivity contribution is 0.626. The zero-order valence-corrected chi connectivity index (χ0v) is 6.97. The second-order valence-corrected chi connectivity index (χ2v) is 3.03. The van der Waals surface area contributed by atoms with Crippen LogP contribution in [0.15, 0.2) is 23.1 Å². The van der Waals surface area contributed by atoms with Crippen molar-refractivity contribution in [2.45, 2.75) is 4.90 Å². The number of rotatable bonds is 1. The second-order valence-electron chi connectivity index (χ2n) is 1.78. The largest absolute Gasteiger partial charge is 0.207 e. The van der Waals surface area contributed by atoms with Gasteiger partial charge in [0.2, 0.25) is 0 Å². The lowest BCUT2D eigenvalue weighted by Crippen LogP contribution is -1.75. The van der Waals surface area contributed by atoms with E-state index in [4.69, 9.17) is 11.6 Å². The van der Waals surface area contributed by atoms with Crippen molar-refractivity contribution in [3.63, 3.8) is 0 Å². The van der Waals surface area contributed by atoms with Crippen molar-refractivity contribution in [2.24, 2.45) is 0 Å². The highest BCUT2D eigenvalue weighted by Gasteiger charge is 1.98. The zero-order chi connectivity index (χ0) is 7.56. The van der Waals surface area contributed by atoms with Crippen LogP contribution < -0.4 is 0 Å². The van der Waals surface area contributed by atoms with Gasteiger partial charge in [-0.15, -0.1) is 11.8 Å². The first kappa shape index (κ1) is 7.89. The fourth-order valence-electron chi connectivity index (χ4n) is 0.641. The lowest BCUT2D eigenvalue weighted by Gasteiger charge is -1.97. The maximum Gasteiger partial charge on any atom is 0.124 e. The SMILES string of the molecule is CSc1ccc(F)cc1Cl. The molecule has 3 heteroatoms. The summed E-state index contributed by atoms with van der Waals surface area (Å²) in [7, 11) is 0. The van der Waals surface area contributed by atoms with Crippen LogP contribution in [0.25, 0.3) is 0 Å². The summed E-state index contributed by atoms with van der Waals surface area (Å²) in [5.74, 6) is -0.289. The maximum atomic E-state index is 12.4. The standard InChI is InChI=1S/C7H6ClFS/c1-10-7-3-2-5(9)4-6(7)8/h2-4H,1H3. The molecule has 0 saturated heterocycles. The molecule has 0 spiro atoms. The average Bonchev–Trinajstić information content (AvgIpc) is 1.88. The summed E-state index contributed by atoms with van der Waals surface area (Å²) in [6, 6.07) is 4.38. The normalized spacial score (nSPS) is 9.90. The molecule has 1 aromatic carbocycles. The van der Waals surface area contributed by atoms with Crippen LogP contribution >= 0.6 is 23.4 Å². The summed E-state index contributed by atoms with van der Waals surface area (Å²) in [6.07, 6.45) is 1.90. The van der Waals surface area contributed by atoms with Crippen LogP contribution in [0.2, 0.25) is 5.02 Å². The predicted molar refractivity (Wildman–Crippen MR) is 43.2 cm³/mol. The first-order valence-electron chi connectivity index (χ1n) is 2.73. The third kappa shape index (κ3) is 1.64. The molecule has 0 unspecified atom stereocenters. The molecule has 0 radical (unpaired) electrons. The van der Waals surface area contributed by atoms with E-state index in [2.05, 4.69) is 0 Å². The molecule has 0 aromatic heterocycles. The number of hydrogen-bond donors (Lipinski definition) is 0. The molecule has 0 aliphatic carbocycles. The highest BCUT2D eigenvalue weighted by molar-refractivity contribution is 7.98. The van der Waals surface area contributed by atoms with Crippen molar-refractivity contribution in [1.29, 1.82) is 0 Å². The van der Waals surface area contributed by atoms with E-state index < -0.39 is 0 Å². The van der Waals surface area contributed by atoms with Crippen molar-refractivity contribution in [1.82, 2.24) is 0 Å². The molecule has 0 amide bonds. The molecule has 1 aromatic rings. The molecule has 0 N–H and O–H groups in total. The molecular formula is C7H6ClFS. The highest BCUT2D eigenvalue weighted by Crippen LogP contribution is 2.25. The van der Waals surface area contributed by atoms with Crippen LogP contribution in [0.5, 0.6) is 0 Å². The second kappa shape index (κ2) is 3.26. The van der Waals surface area contributed by atoms with Crippen molar-refractivity contribution >= 4 is 23.4 Å². The van der Waals surface area contributed by atoms with Crippen molar-refractivity contribution < 1.29 is 4.39 Å². The quantitative estimate of drug-likeness (QED) is 0.593. The van der Waals surface area contributed by atoms with Crippen molar-refractivity contribution in [3.8, 4) is 0 Å². The van der Waals surface area contributed by atoms with Gasteiger partial charge in [-0.25, -0.2) is 4.39 Å². The smallest absolute Gasteiger partial charge is 0.124 e. The molecule has 0 fully saturated rings. The highest BCUT2D eigenvalue weighted by atomic mass is 35.5. The molecule has 0 atom stereocenters. The van der Waals surface area contributed by atoms with Crippen LogP contribution in [0.4, 0.5) is 4.39 Å². The molecule has 0 saturated carbocycles. The summed E-state index contributed by atoms with van der Waals surface area (Å²) in [5.41, 5.74) is 0. The molecule has 0 bridgehead atoms. The van der Waals surface area contributed by atoms with E-state index in [1.165, 1.54) is 23.9 Å². The van der Waals surface area contributed by atoms with E-state index in [-0.39, 0.29) is 5.82 Å². The van der Waals surface area contributed by atoms with Gasteiger partial charge in [0.1, 0.15) is 5.82 Å². The molecule has 54 valence electrons. The van der Waals surface area contributed by atoms with Gasteiger partial charge in [0.05, 0.1) is 5.02 Å². The van der Waals surface area contributed by atoms with E-state index >= 15 is 0 Å². The van der Waals surface area contributed by atoms with Gasteiger partial charge in [-0.3, -0.25) is 0 Å². The van der Waals surface area contributed by atoms with E-state index in [0.717, 1.165) is 4.90 Å². The van der Waals surface area contributed by atoms with Gasteiger partial charge in [-0.1, -0.05) is 11.6 Å². The molecule has 0 nitrogen and oxygen atoms in total. The Bertz CT molecular complexity index is 237. The third-order valence-corrected chi connectivity index (χ3v) is 2.33. The predicted octanol–water partition coefficient (Wildman–Crippen LogP) is 3.20. The van der Waals surface area contributed by atoms with Gasteiger partial charge in [-0.05, 0) is 24.5 Å². The van der Waals surface area contributed by atoms with E-state index in [1.807, 2.05) is 6.26 Å². The molecule has 1 rings (SSSR count). The topological polar surface area (TPSA) is 0 Å². The third-order valence-electron chi connectivity index (χ3n) is 1.11. The Kier molecular flexibility index (Phi) is 2.57. The van der Waals surface area contributed by atoms with E-state index in [0.29, 0.717) is 5.02 Å². The average molecular weight is 177 g/mol. The lowest BCUT2D eigenvalue weighted by atomic mass is 10.3. The van der Waals surface area contributed by atoms with Crippen LogP contribution in [-0.2, 0) is 0 Å². The van der Waals surface area contributed by atoms with Crippen LogP contribution in [0.1, 0.15) is 0 Å². The van der Waals surface area contributed by atoms with Gasteiger partial charge in [-0.2, -0.15) is 0 Å². The summed E-state index contributed by atoms with van der Waals surface area (Å²) in [6.45, 7) is 0. The Labute approximate surface area is 68.4 Å². The van der Waals surface area contributed by atoms with Gasteiger partial charge < -0.3 is 0 Å². The summed E-state index contributed by atoms with van der Waals surface area (Å²) >= 11 is 7.17. The Morgan fingerprint density at radius 3 is 2.70 bits per heavy atom. The summed E-state index contributed by atoms with van der Waals surface area (Å²) in [5, 5.41) is 0.479. The zero-order valence-electron chi connectivity index (χ0n) is 5.40. The van der Waals surface area contributed by atoms with Crippen LogP contribution in [-0.4, -0.2) is 6.26 Å². The number of benzene rings is 1. The van der Waals surface area contributed by atoms with E-state index in [1.54, 1.807) is 6.07 Å². The summed E-state index contributed by atoms with van der Waals surface area (Å²) in [4.78, 5) is 0.906. The minimum Gasteiger partial charge on any atom is -0.207 e. The van der Waals surface area contributed by atoms with Crippen molar-refractivity contribution in [2.75, 3.05) is 6.26 Å². The molecule has 0 heterocycles. The first-order valence-corrected chi connectivity index (χ1v) is 4.33. The Hall–Kier alpha value is -0.210. The fourth-order valence-corrected chi connectivity index (χ4v) is 1.50. The summed E-state index contributed by atoms with van der Waals surface area (Å²) < 4.78 is 12.4. The van der Waals surface area contributed by atoms with Crippen LogP contribution in [0.3, 0.4) is 0 Å². The monoisotopic (exact) mass is 176 g/mol. The van der Waals surface area contributed by atoms with E-state index in [9.17, 15) is 4.39 Å². The number of halogens is 2. The molecule has 0 aliphatic heterocycles. The Balaban J connectivity index is 3.07. The van der Waals surface area contributed by atoms with Gasteiger partial charge in [0.25, 0.3) is 0 Å². The maximum absolute atomic E-state index is 12.4. The van der Waals surface area contributed by atoms with Gasteiger partial charge >= 0.3 is 0 Å².